The molecule has 0 aromatic heterocycles. The van der Waals surface area contributed by atoms with Crippen molar-refractivity contribution in [3.8, 4) is 0 Å². The Morgan fingerprint density at radius 2 is 1.80 bits per heavy atom. The van der Waals surface area contributed by atoms with E-state index >= 15 is 0 Å². The molecule has 0 aliphatic carbocycles. The van der Waals surface area contributed by atoms with Gasteiger partial charge in [-0.05, 0) is 0 Å². The first kappa shape index (κ1) is 5.70. The van der Waals surface area contributed by atoms with Crippen LogP contribution in [-0.2, 0) is 21.3 Å². The summed E-state index contributed by atoms with van der Waals surface area (Å²) in [4.78, 5) is 0. The van der Waals surface area contributed by atoms with Gasteiger partial charge in [0.15, 0.2) is 0 Å². The third kappa shape index (κ3) is 4.70. The molecule has 0 radical (unpaired) electrons. The molecule has 0 rings (SSSR count). The molecule has 0 amide bonds. The molecule has 0 saturated heterocycles. The van der Waals surface area contributed by atoms with Gasteiger partial charge in [0.2, 0.25) is 0 Å². The summed E-state index contributed by atoms with van der Waals surface area (Å²) in [6.07, 6.45) is 0. The molecule has 0 saturated carbocycles. The Morgan fingerprint density at radius 1 is 1.60 bits per heavy atom. The SMILES string of the molecule is CC(C)[NH][Ta]. The van der Waals surface area contributed by atoms with Crippen LogP contribution in [0.25, 0.3) is 0 Å². The quantitative estimate of drug-likeness (QED) is 0.700. The third-order valence-corrected chi connectivity index (χ3v) is 2.11. The van der Waals surface area contributed by atoms with Gasteiger partial charge < -0.3 is 0 Å². The van der Waals surface area contributed by atoms with E-state index in [-0.39, 0.29) is 0 Å². The zero-order valence-electron chi connectivity index (χ0n) is 3.52. The molecule has 1 nitrogen and oxygen atoms in total. The average Bonchev–Trinajstić information content (AvgIpc) is 1.38. The Balaban J connectivity index is 2.54. The van der Waals surface area contributed by atoms with Crippen molar-refractivity contribution in [2.75, 3.05) is 0 Å². The molecule has 2 heteroatoms. The van der Waals surface area contributed by atoms with Crippen LogP contribution in [0, 0.1) is 0 Å². The first-order chi connectivity index (χ1) is 2.27. The van der Waals surface area contributed by atoms with Crippen molar-refractivity contribution >= 4 is 0 Å². The van der Waals surface area contributed by atoms with Crippen LogP contribution in [-0.4, -0.2) is 6.04 Å². The van der Waals surface area contributed by atoms with E-state index in [4.69, 9.17) is 0 Å². The Kier molecular flexibility index (Phi) is 3.32. The fourth-order valence-electron chi connectivity index (χ4n) is 0. The van der Waals surface area contributed by atoms with Gasteiger partial charge in [0.25, 0.3) is 0 Å². The van der Waals surface area contributed by atoms with Crippen molar-refractivity contribution in [3.63, 3.8) is 0 Å². The summed E-state index contributed by atoms with van der Waals surface area (Å²) < 4.78 is 3.14. The summed E-state index contributed by atoms with van der Waals surface area (Å²) in [7, 11) is 0. The summed E-state index contributed by atoms with van der Waals surface area (Å²) in [6, 6.07) is 0.684. The van der Waals surface area contributed by atoms with Gasteiger partial charge in [-0.25, -0.2) is 0 Å². The Morgan fingerprint density at radius 3 is 1.80 bits per heavy atom. The van der Waals surface area contributed by atoms with Crippen LogP contribution < -0.4 is 3.72 Å². The van der Waals surface area contributed by atoms with Crippen LogP contribution in [0.5, 0.6) is 0 Å². The van der Waals surface area contributed by atoms with Gasteiger partial charge >= 0.3 is 44.9 Å². The molecule has 0 aliphatic rings. The van der Waals surface area contributed by atoms with Gasteiger partial charge in [-0.3, -0.25) is 0 Å². The Labute approximate surface area is 45.4 Å². The van der Waals surface area contributed by atoms with E-state index < -0.39 is 0 Å². The summed E-state index contributed by atoms with van der Waals surface area (Å²) >= 11 is 1.29. The van der Waals surface area contributed by atoms with Crippen molar-refractivity contribution in [1.82, 2.24) is 3.72 Å². The van der Waals surface area contributed by atoms with Gasteiger partial charge in [0, 0.05) is 0 Å². The molecule has 0 fully saturated rings. The fourth-order valence-corrected chi connectivity index (χ4v) is 0. The van der Waals surface area contributed by atoms with Gasteiger partial charge in [-0.1, -0.05) is 0 Å². The van der Waals surface area contributed by atoms with Crippen molar-refractivity contribution in [1.29, 1.82) is 0 Å². The van der Waals surface area contributed by atoms with E-state index in [1.165, 1.54) is 21.3 Å². The van der Waals surface area contributed by atoms with Crippen molar-refractivity contribution < 1.29 is 21.3 Å². The molecule has 30 valence electrons. The second-order valence-corrected chi connectivity index (χ2v) is 2.21. The van der Waals surface area contributed by atoms with Crippen molar-refractivity contribution in [2.45, 2.75) is 19.9 Å². The zero-order chi connectivity index (χ0) is 4.28. The summed E-state index contributed by atoms with van der Waals surface area (Å²) in [5.41, 5.74) is 0. The normalized spacial score (nSPS) is 9.40. The molecule has 1 N–H and O–H groups in total. The minimum absolute atomic E-state index is 0.684. The van der Waals surface area contributed by atoms with Crippen molar-refractivity contribution in [3.05, 3.63) is 0 Å². The molecular formula is C3H8NTa. The van der Waals surface area contributed by atoms with Crippen LogP contribution in [0.15, 0.2) is 0 Å². The van der Waals surface area contributed by atoms with E-state index in [2.05, 4.69) is 17.6 Å². The predicted molar refractivity (Wildman–Crippen MR) is 18.3 cm³/mol. The van der Waals surface area contributed by atoms with E-state index in [1.54, 1.807) is 0 Å². The van der Waals surface area contributed by atoms with Crippen LogP contribution >= 0.6 is 0 Å². The number of nitrogens with one attached hydrogen (secondary N) is 1. The van der Waals surface area contributed by atoms with Gasteiger partial charge in [0.1, 0.15) is 0 Å². The molecule has 0 aromatic rings. The van der Waals surface area contributed by atoms with Crippen LogP contribution in [0.2, 0.25) is 0 Å². The minimum atomic E-state index is 0.684. The third-order valence-electron chi connectivity index (χ3n) is 0.258. The van der Waals surface area contributed by atoms with Crippen LogP contribution in [0.1, 0.15) is 13.8 Å². The molecule has 5 heavy (non-hydrogen) atoms. The second kappa shape index (κ2) is 2.91. The molecular weight excluding hydrogens is 231 g/mol. The van der Waals surface area contributed by atoms with Crippen molar-refractivity contribution in [2.24, 2.45) is 0 Å². The fraction of sp³-hybridized carbons (Fsp3) is 1.00. The molecule has 0 heterocycles. The number of hydrogen-bond donors (Lipinski definition) is 1. The van der Waals surface area contributed by atoms with E-state index in [0.29, 0.717) is 6.04 Å². The summed E-state index contributed by atoms with van der Waals surface area (Å²) in [5, 5.41) is 0. The molecule has 0 unspecified atom stereocenters. The van der Waals surface area contributed by atoms with Crippen LogP contribution in [0.4, 0.5) is 0 Å². The maximum absolute atomic E-state index is 3.14. The predicted octanol–water partition coefficient (Wildman–Crippen LogP) is 0.446. The van der Waals surface area contributed by atoms with E-state index in [1.807, 2.05) is 0 Å². The van der Waals surface area contributed by atoms with Gasteiger partial charge in [-0.2, -0.15) is 0 Å². The maximum atomic E-state index is 3.14. The Hall–Kier alpha value is 0.700. The molecule has 0 aromatic carbocycles. The first-order valence-corrected chi connectivity index (χ1v) is 3.27. The van der Waals surface area contributed by atoms with Crippen LogP contribution in [0.3, 0.4) is 0 Å². The molecule has 0 aliphatic heterocycles. The average molecular weight is 239 g/mol. The van der Waals surface area contributed by atoms with Gasteiger partial charge in [0.05, 0.1) is 0 Å². The Bertz CT molecular complexity index is 20.9. The molecule has 0 atom stereocenters. The number of rotatable bonds is 1. The topological polar surface area (TPSA) is 12.0 Å². The zero-order valence-corrected chi connectivity index (χ0v) is 6.74. The molecule has 0 bridgehead atoms. The number of hydrogen-bond acceptors (Lipinski definition) is 1. The first-order valence-electron chi connectivity index (χ1n) is 1.67. The van der Waals surface area contributed by atoms with Gasteiger partial charge in [-0.15, -0.1) is 0 Å². The summed E-state index contributed by atoms with van der Waals surface area (Å²) in [6.45, 7) is 4.28. The van der Waals surface area contributed by atoms with E-state index in [0.717, 1.165) is 0 Å². The standard InChI is InChI=1S/C3H8N.Ta/c1-3(2)4;/h3-4H,1-2H3;/q-1;+1. The van der Waals surface area contributed by atoms with E-state index in [9.17, 15) is 0 Å². The second-order valence-electron chi connectivity index (χ2n) is 1.28. The monoisotopic (exact) mass is 239 g/mol. The summed E-state index contributed by atoms with van der Waals surface area (Å²) in [5.74, 6) is 0. The molecule has 0 spiro atoms.